The van der Waals surface area contributed by atoms with Crippen LogP contribution in [-0.2, 0) is 17.1 Å². The first kappa shape index (κ1) is 23.5. The van der Waals surface area contributed by atoms with E-state index in [2.05, 4.69) is 49.1 Å². The van der Waals surface area contributed by atoms with Crippen LogP contribution >= 0.6 is 11.8 Å². The van der Waals surface area contributed by atoms with Crippen molar-refractivity contribution in [3.05, 3.63) is 65.4 Å². The van der Waals surface area contributed by atoms with Crippen LogP contribution in [0.25, 0.3) is 11.3 Å². The third kappa shape index (κ3) is 3.37. The van der Waals surface area contributed by atoms with E-state index in [9.17, 15) is 13.6 Å². The number of imidazole rings is 1. The number of amides is 1. The molecule has 1 atom stereocenters. The van der Waals surface area contributed by atoms with E-state index in [-0.39, 0.29) is 27.6 Å². The van der Waals surface area contributed by atoms with Crippen LogP contribution in [0.3, 0.4) is 0 Å². The van der Waals surface area contributed by atoms with Crippen molar-refractivity contribution >= 4 is 40.6 Å². The first-order valence-electron chi connectivity index (χ1n) is 12.6. The average Bonchev–Trinajstić information content (AvgIpc) is 3.51. The standard InChI is InChI=1S/C27H25F2N7OS/c1-35-17-7-4-8-18(20(17)27(28,29)24(35)37)38-19-14-31-22-23(32-19)34-25(33-22)36-11-9-26(10-12-36)13-15-5-2-3-6-16(15)21(26)30/h2-8,14,21H,9-13,30H2,1H3,(H,31,32,33,34)/t21-/m1/s1. The highest BCUT2D eigenvalue weighted by molar-refractivity contribution is 7.99. The molecule has 194 valence electrons. The quantitative estimate of drug-likeness (QED) is 0.402. The lowest BCUT2D eigenvalue weighted by atomic mass is 9.73. The number of aromatic amines is 1. The van der Waals surface area contributed by atoms with Crippen LogP contribution in [0.1, 0.15) is 35.6 Å². The van der Waals surface area contributed by atoms with Crippen LogP contribution in [-0.4, -0.2) is 46.0 Å². The van der Waals surface area contributed by atoms with Crippen LogP contribution in [0.2, 0.25) is 0 Å². The maximum absolute atomic E-state index is 14.7. The number of H-pyrrole nitrogens is 1. The number of piperidine rings is 1. The number of aromatic nitrogens is 4. The Balaban J connectivity index is 1.11. The fourth-order valence-corrected chi connectivity index (χ4v) is 7.12. The van der Waals surface area contributed by atoms with E-state index in [1.807, 2.05) is 0 Å². The summed E-state index contributed by atoms with van der Waals surface area (Å²) < 4.78 is 29.5. The molecular weight excluding hydrogens is 508 g/mol. The zero-order valence-electron chi connectivity index (χ0n) is 20.6. The summed E-state index contributed by atoms with van der Waals surface area (Å²) in [6, 6.07) is 13.3. The summed E-state index contributed by atoms with van der Waals surface area (Å²) >= 11 is 1.06. The van der Waals surface area contributed by atoms with Crippen molar-refractivity contribution < 1.29 is 13.6 Å². The lowest BCUT2D eigenvalue weighted by Gasteiger charge is -2.42. The first-order valence-corrected chi connectivity index (χ1v) is 13.4. The molecule has 4 aromatic rings. The summed E-state index contributed by atoms with van der Waals surface area (Å²) in [5.41, 5.74) is 10.3. The molecule has 3 N–H and O–H groups in total. The number of benzene rings is 2. The molecule has 38 heavy (non-hydrogen) atoms. The molecule has 1 spiro atoms. The zero-order valence-corrected chi connectivity index (χ0v) is 21.4. The smallest absolute Gasteiger partial charge is 0.342 e. The molecular formula is C27H25F2N7OS. The molecule has 0 bridgehead atoms. The predicted octanol–water partition coefficient (Wildman–Crippen LogP) is 4.42. The molecule has 1 aliphatic carbocycles. The van der Waals surface area contributed by atoms with Crippen molar-refractivity contribution in [3.63, 3.8) is 0 Å². The molecule has 1 fully saturated rings. The molecule has 7 rings (SSSR count). The second-order valence-corrected chi connectivity index (χ2v) is 11.4. The van der Waals surface area contributed by atoms with Crippen molar-refractivity contribution in [2.75, 3.05) is 29.9 Å². The molecule has 8 nitrogen and oxygen atoms in total. The van der Waals surface area contributed by atoms with E-state index in [1.54, 1.807) is 12.1 Å². The van der Waals surface area contributed by atoms with E-state index in [0.717, 1.165) is 49.0 Å². The van der Waals surface area contributed by atoms with E-state index in [0.29, 0.717) is 22.3 Å². The Morgan fingerprint density at radius 2 is 1.89 bits per heavy atom. The molecule has 3 aliphatic rings. The van der Waals surface area contributed by atoms with E-state index in [4.69, 9.17) is 5.73 Å². The molecule has 4 heterocycles. The summed E-state index contributed by atoms with van der Waals surface area (Å²) in [6.45, 7) is 1.63. The second-order valence-electron chi connectivity index (χ2n) is 10.3. The molecule has 11 heteroatoms. The van der Waals surface area contributed by atoms with Gasteiger partial charge in [-0.2, -0.15) is 13.8 Å². The van der Waals surface area contributed by atoms with Crippen LogP contribution < -0.4 is 15.5 Å². The number of fused-ring (bicyclic) bond motifs is 3. The minimum atomic E-state index is -3.58. The van der Waals surface area contributed by atoms with Gasteiger partial charge in [0.1, 0.15) is 5.03 Å². The monoisotopic (exact) mass is 533 g/mol. The van der Waals surface area contributed by atoms with Gasteiger partial charge in [-0.25, -0.2) is 9.97 Å². The third-order valence-electron chi connectivity index (χ3n) is 8.29. The van der Waals surface area contributed by atoms with Gasteiger partial charge in [-0.1, -0.05) is 42.1 Å². The highest BCUT2D eigenvalue weighted by atomic mass is 32.2. The topological polar surface area (TPSA) is 104 Å². The molecule has 1 amide bonds. The Morgan fingerprint density at radius 1 is 1.11 bits per heavy atom. The van der Waals surface area contributed by atoms with Gasteiger partial charge < -0.3 is 20.5 Å². The number of nitrogens with one attached hydrogen (secondary N) is 1. The van der Waals surface area contributed by atoms with Gasteiger partial charge in [0.25, 0.3) is 0 Å². The minimum Gasteiger partial charge on any atom is -0.342 e. The van der Waals surface area contributed by atoms with Crippen LogP contribution in [0.5, 0.6) is 0 Å². The van der Waals surface area contributed by atoms with Crippen LogP contribution in [0, 0.1) is 5.41 Å². The summed E-state index contributed by atoms with van der Waals surface area (Å²) in [7, 11) is 1.36. The van der Waals surface area contributed by atoms with Gasteiger partial charge in [-0.3, -0.25) is 4.79 Å². The van der Waals surface area contributed by atoms with Crippen molar-refractivity contribution in [1.29, 1.82) is 0 Å². The Hall–Kier alpha value is -3.57. The third-order valence-corrected chi connectivity index (χ3v) is 9.26. The highest BCUT2D eigenvalue weighted by Gasteiger charge is 2.53. The highest BCUT2D eigenvalue weighted by Crippen LogP contribution is 2.51. The summed E-state index contributed by atoms with van der Waals surface area (Å²) in [4.78, 5) is 32.5. The van der Waals surface area contributed by atoms with Gasteiger partial charge in [0.15, 0.2) is 11.3 Å². The molecule has 2 aromatic heterocycles. The summed E-state index contributed by atoms with van der Waals surface area (Å²) in [5, 5.41) is 0.436. The van der Waals surface area contributed by atoms with Crippen molar-refractivity contribution in [2.45, 2.75) is 41.1 Å². The molecule has 2 aliphatic heterocycles. The normalized spacial score (nSPS) is 21.4. The largest absolute Gasteiger partial charge is 0.353 e. The van der Waals surface area contributed by atoms with Crippen molar-refractivity contribution in [2.24, 2.45) is 11.1 Å². The number of alkyl halides is 2. The van der Waals surface area contributed by atoms with Crippen molar-refractivity contribution in [1.82, 2.24) is 19.9 Å². The summed E-state index contributed by atoms with van der Waals surface area (Å²) in [5.74, 6) is -4.12. The number of anilines is 2. The zero-order chi connectivity index (χ0) is 26.2. The molecule has 0 saturated carbocycles. The number of rotatable bonds is 3. The lowest BCUT2D eigenvalue weighted by molar-refractivity contribution is -0.141. The van der Waals surface area contributed by atoms with Gasteiger partial charge in [0.05, 0.1) is 17.4 Å². The Morgan fingerprint density at radius 3 is 2.68 bits per heavy atom. The maximum atomic E-state index is 14.7. The number of hydrogen-bond donors (Lipinski definition) is 2. The fourth-order valence-electron chi connectivity index (χ4n) is 6.17. The maximum Gasteiger partial charge on any atom is 0.353 e. The SMILES string of the molecule is CN1C(=O)C(F)(F)c2c(Sc3cnc4nc(N5CCC6(CC5)Cc5ccccc5[C@H]6N)[nH]c4n3)cccc21. The molecule has 0 radical (unpaired) electrons. The van der Waals surface area contributed by atoms with Gasteiger partial charge in [-0.15, -0.1) is 0 Å². The number of nitrogens with two attached hydrogens (primary N) is 1. The number of carbonyl (C=O) groups is 1. The number of hydrogen-bond acceptors (Lipinski definition) is 7. The second kappa shape index (κ2) is 8.21. The number of halogens is 2. The van der Waals surface area contributed by atoms with E-state index < -0.39 is 11.8 Å². The Labute approximate surface area is 221 Å². The fraction of sp³-hybridized carbons (Fsp3) is 0.333. The number of nitrogens with zero attached hydrogens (tertiary/aromatic N) is 5. The Kier molecular flexibility index (Phi) is 5.09. The van der Waals surface area contributed by atoms with Crippen LogP contribution in [0.4, 0.5) is 20.4 Å². The van der Waals surface area contributed by atoms with Gasteiger partial charge in [0, 0.05) is 31.1 Å². The summed E-state index contributed by atoms with van der Waals surface area (Å²) in [6.07, 6.45) is 4.45. The molecule has 1 saturated heterocycles. The predicted molar refractivity (Wildman–Crippen MR) is 141 cm³/mol. The van der Waals surface area contributed by atoms with E-state index in [1.165, 1.54) is 30.4 Å². The van der Waals surface area contributed by atoms with Crippen LogP contribution in [0.15, 0.2) is 58.6 Å². The van der Waals surface area contributed by atoms with Gasteiger partial charge in [-0.05, 0) is 47.9 Å². The minimum absolute atomic E-state index is 0.0429. The number of carbonyl (C=O) groups excluding carboxylic acids is 1. The van der Waals surface area contributed by atoms with E-state index >= 15 is 0 Å². The van der Waals surface area contributed by atoms with Gasteiger partial charge in [0.2, 0.25) is 5.95 Å². The average molecular weight is 534 g/mol. The Bertz CT molecular complexity index is 1600. The van der Waals surface area contributed by atoms with Gasteiger partial charge >= 0.3 is 11.8 Å². The number of likely N-dealkylation sites (N-methyl/N-ethyl adjacent to an activating group) is 1. The molecule has 0 unspecified atom stereocenters. The van der Waals surface area contributed by atoms with Crippen molar-refractivity contribution in [3.8, 4) is 0 Å². The molecule has 2 aromatic carbocycles. The first-order chi connectivity index (χ1) is 18.3. The lowest BCUT2D eigenvalue weighted by Crippen LogP contribution is -2.44.